The van der Waals surface area contributed by atoms with Crippen molar-refractivity contribution in [1.82, 2.24) is 15.3 Å². The van der Waals surface area contributed by atoms with E-state index in [1.807, 2.05) is 19.2 Å². The first-order chi connectivity index (χ1) is 15.4. The number of hydrogen-bond acceptors (Lipinski definition) is 9. The molecule has 0 saturated heterocycles. The van der Waals surface area contributed by atoms with E-state index in [1.165, 1.54) is 23.5 Å². The summed E-state index contributed by atoms with van der Waals surface area (Å²) >= 11 is -1.01. The minimum atomic E-state index is -2.36. The number of anilines is 2. The Labute approximate surface area is 192 Å². The monoisotopic (exact) mass is 475 g/mol. The number of thiazole rings is 1. The molecule has 1 amide bonds. The van der Waals surface area contributed by atoms with E-state index in [0.717, 1.165) is 5.56 Å². The largest absolute Gasteiger partial charge is 0.768 e. The van der Waals surface area contributed by atoms with Gasteiger partial charge < -0.3 is 24.7 Å². The lowest BCUT2D eigenvalue weighted by Crippen LogP contribution is -2.27. The number of pyridine rings is 1. The Hall–Kier alpha value is -2.86. The van der Waals surface area contributed by atoms with Crippen LogP contribution in [-0.2, 0) is 15.8 Å². The van der Waals surface area contributed by atoms with Gasteiger partial charge in [-0.25, -0.2) is 4.98 Å². The molecule has 0 aliphatic carbocycles. The van der Waals surface area contributed by atoms with Crippen LogP contribution in [0.2, 0.25) is 0 Å². The van der Waals surface area contributed by atoms with E-state index in [-0.39, 0.29) is 16.9 Å². The van der Waals surface area contributed by atoms with Gasteiger partial charge in [-0.05, 0) is 55.3 Å². The van der Waals surface area contributed by atoms with Crippen LogP contribution in [0.15, 0.2) is 46.8 Å². The van der Waals surface area contributed by atoms with Crippen molar-refractivity contribution in [2.75, 3.05) is 25.6 Å². The van der Waals surface area contributed by atoms with Crippen molar-refractivity contribution in [2.24, 2.45) is 0 Å². The minimum absolute atomic E-state index is 0.0812. The first-order valence-corrected chi connectivity index (χ1v) is 11.7. The number of amides is 1. The van der Waals surface area contributed by atoms with E-state index in [1.54, 1.807) is 31.5 Å². The van der Waals surface area contributed by atoms with Crippen LogP contribution >= 0.6 is 11.3 Å². The van der Waals surface area contributed by atoms with Gasteiger partial charge in [0.05, 0.1) is 24.1 Å². The average Bonchev–Trinajstić information content (AvgIpc) is 3.23. The highest BCUT2D eigenvalue weighted by Crippen LogP contribution is 2.33. The molecular formula is C21H23N4O5S2-. The highest BCUT2D eigenvalue weighted by atomic mass is 32.2. The maximum Gasteiger partial charge on any atom is 0.269 e. The van der Waals surface area contributed by atoms with Crippen molar-refractivity contribution in [1.29, 1.82) is 0 Å². The van der Waals surface area contributed by atoms with E-state index in [4.69, 9.17) is 9.47 Å². The van der Waals surface area contributed by atoms with Crippen LogP contribution in [0.5, 0.6) is 5.75 Å². The molecule has 170 valence electrons. The van der Waals surface area contributed by atoms with Crippen molar-refractivity contribution in [3.63, 3.8) is 0 Å². The van der Waals surface area contributed by atoms with Crippen molar-refractivity contribution in [3.05, 3.63) is 47.6 Å². The second-order valence-corrected chi connectivity index (χ2v) is 8.70. The molecule has 11 heteroatoms. The third-order valence-electron chi connectivity index (χ3n) is 4.14. The normalized spacial score (nSPS) is 11.9. The van der Waals surface area contributed by atoms with Gasteiger partial charge in [0.1, 0.15) is 11.4 Å². The quantitative estimate of drug-likeness (QED) is 0.338. The fourth-order valence-electron chi connectivity index (χ4n) is 2.68. The van der Waals surface area contributed by atoms with Crippen LogP contribution in [0, 0.1) is 0 Å². The molecule has 3 aromatic rings. The van der Waals surface area contributed by atoms with Crippen LogP contribution in [0.3, 0.4) is 0 Å². The molecule has 2 heterocycles. The number of carbonyl (C=O) groups excluding carboxylic acids is 1. The van der Waals surface area contributed by atoms with Gasteiger partial charge in [0.2, 0.25) is 0 Å². The van der Waals surface area contributed by atoms with Crippen molar-refractivity contribution >= 4 is 39.1 Å². The summed E-state index contributed by atoms with van der Waals surface area (Å²) in [4.78, 5) is 20.9. The molecule has 0 bridgehead atoms. The molecule has 3 rings (SSSR count). The number of nitrogens with zero attached hydrogens (tertiary/aromatic N) is 2. The number of hydrogen-bond donors (Lipinski definition) is 2. The zero-order valence-electron chi connectivity index (χ0n) is 17.8. The number of nitrogens with one attached hydrogen (secondary N) is 2. The second kappa shape index (κ2) is 11.1. The maximum absolute atomic E-state index is 12.0. The molecule has 32 heavy (non-hydrogen) atoms. The lowest BCUT2D eigenvalue weighted by atomic mass is 10.2. The Morgan fingerprint density at radius 2 is 2.09 bits per heavy atom. The standard InChI is InChI=1S/C21H24N4O5S2/c1-13(2)30-19-7-5-15(32(27)28)10-17(19)24-21-25-18(12-31-21)14-4-6-16(23-11-14)20(26)22-8-9-29-3/h4-7,10-13H,8-9H2,1-3H3,(H,22,26)(H,24,25)(H,27,28)/p-1. The molecule has 1 unspecified atom stereocenters. The molecule has 2 N–H and O–H groups in total. The number of carbonyl (C=O) groups is 1. The third kappa shape index (κ3) is 6.33. The van der Waals surface area contributed by atoms with E-state index in [2.05, 4.69) is 20.6 Å². The van der Waals surface area contributed by atoms with E-state index >= 15 is 0 Å². The topological polar surface area (TPSA) is 126 Å². The lowest BCUT2D eigenvalue weighted by Gasteiger charge is -2.16. The molecule has 1 aromatic carbocycles. The number of methoxy groups -OCH3 is 1. The fraction of sp³-hybridized carbons (Fsp3) is 0.286. The van der Waals surface area contributed by atoms with Gasteiger partial charge in [0, 0.05) is 35.7 Å². The van der Waals surface area contributed by atoms with Gasteiger partial charge in [-0.3, -0.25) is 14.0 Å². The summed E-state index contributed by atoms with van der Waals surface area (Å²) in [5, 5.41) is 8.25. The number of aromatic nitrogens is 2. The third-order valence-corrected chi connectivity index (χ3v) is 5.53. The predicted octanol–water partition coefficient (Wildman–Crippen LogP) is 3.35. The second-order valence-electron chi connectivity index (χ2n) is 6.90. The van der Waals surface area contributed by atoms with Crippen molar-refractivity contribution < 1.29 is 23.0 Å². The van der Waals surface area contributed by atoms with Crippen molar-refractivity contribution in [3.8, 4) is 17.0 Å². The van der Waals surface area contributed by atoms with Crippen LogP contribution in [0.1, 0.15) is 24.3 Å². The zero-order valence-corrected chi connectivity index (χ0v) is 19.4. The van der Waals surface area contributed by atoms with Crippen LogP contribution in [0.25, 0.3) is 11.3 Å². The SMILES string of the molecule is COCCNC(=O)c1ccc(-c2csc(Nc3cc(S(=O)[O-])ccc3OC(C)C)n2)cn1. The van der Waals surface area contributed by atoms with Crippen LogP contribution < -0.4 is 15.4 Å². The Balaban J connectivity index is 1.75. The van der Waals surface area contributed by atoms with Gasteiger partial charge in [-0.1, -0.05) is 0 Å². The lowest BCUT2D eigenvalue weighted by molar-refractivity contribution is 0.0932. The summed E-state index contributed by atoms with van der Waals surface area (Å²) in [7, 11) is 1.57. The Morgan fingerprint density at radius 1 is 1.28 bits per heavy atom. The van der Waals surface area contributed by atoms with Crippen molar-refractivity contribution in [2.45, 2.75) is 24.8 Å². The number of benzene rings is 1. The Kier molecular flexibility index (Phi) is 8.28. The fourth-order valence-corrected chi connectivity index (χ4v) is 3.81. The van der Waals surface area contributed by atoms with Crippen LogP contribution in [-0.4, -0.2) is 51.0 Å². The van der Waals surface area contributed by atoms with E-state index in [0.29, 0.717) is 41.1 Å². The van der Waals surface area contributed by atoms with E-state index in [9.17, 15) is 13.6 Å². The molecular weight excluding hydrogens is 452 g/mol. The number of rotatable bonds is 10. The van der Waals surface area contributed by atoms with Gasteiger partial charge in [-0.15, -0.1) is 11.3 Å². The molecule has 0 fully saturated rings. The molecule has 0 spiro atoms. The Bertz CT molecular complexity index is 1090. The average molecular weight is 476 g/mol. The zero-order chi connectivity index (χ0) is 23.1. The van der Waals surface area contributed by atoms with Gasteiger partial charge in [-0.2, -0.15) is 0 Å². The summed E-state index contributed by atoms with van der Waals surface area (Å²) in [6.07, 6.45) is 1.50. The van der Waals surface area contributed by atoms with Gasteiger partial charge in [0.25, 0.3) is 5.91 Å². The van der Waals surface area contributed by atoms with E-state index < -0.39 is 11.1 Å². The molecule has 0 saturated carbocycles. The highest BCUT2D eigenvalue weighted by Gasteiger charge is 2.12. The molecule has 2 aromatic heterocycles. The summed E-state index contributed by atoms with van der Waals surface area (Å²) in [5.74, 6) is 0.249. The van der Waals surface area contributed by atoms with Crippen LogP contribution in [0.4, 0.5) is 10.8 Å². The summed E-state index contributed by atoms with van der Waals surface area (Å²) < 4.78 is 33.4. The molecule has 1 atom stereocenters. The highest BCUT2D eigenvalue weighted by molar-refractivity contribution is 7.79. The number of ether oxygens (including phenoxy) is 2. The molecule has 0 aliphatic rings. The summed E-state index contributed by atoms with van der Waals surface area (Å²) in [6.45, 7) is 4.61. The maximum atomic E-state index is 12.0. The molecule has 9 nitrogen and oxygen atoms in total. The van der Waals surface area contributed by atoms with Gasteiger partial charge in [0.15, 0.2) is 5.13 Å². The first-order valence-electron chi connectivity index (χ1n) is 9.73. The first kappa shape index (κ1) is 23.8. The summed E-state index contributed by atoms with van der Waals surface area (Å²) in [6, 6.07) is 8.00. The molecule has 0 radical (unpaired) electrons. The smallest absolute Gasteiger partial charge is 0.269 e. The Morgan fingerprint density at radius 3 is 2.75 bits per heavy atom. The predicted molar refractivity (Wildman–Crippen MR) is 122 cm³/mol. The molecule has 0 aliphatic heterocycles. The summed E-state index contributed by atoms with van der Waals surface area (Å²) in [5.41, 5.74) is 2.22. The van der Waals surface area contributed by atoms with Gasteiger partial charge >= 0.3 is 0 Å². The minimum Gasteiger partial charge on any atom is -0.768 e.